The zero-order chi connectivity index (χ0) is 12.9. The van der Waals surface area contributed by atoms with E-state index in [1.54, 1.807) is 0 Å². The number of ether oxygens (including phenoxy) is 2. The minimum Gasteiger partial charge on any atom is -0.468 e. The summed E-state index contributed by atoms with van der Waals surface area (Å²) in [4.78, 5) is 7.30. The Morgan fingerprint density at radius 2 is 2.50 bits per heavy atom. The average molecular weight is 172 g/mol. The quantitative estimate of drug-likeness (QED) is 0.671. The summed E-state index contributed by atoms with van der Waals surface area (Å²) >= 11 is 0. The normalized spacial score (nSPS) is 34.2. The highest BCUT2D eigenvalue weighted by Crippen LogP contribution is 2.11. The van der Waals surface area contributed by atoms with E-state index >= 15 is 0 Å². The predicted octanol–water partition coefficient (Wildman–Crippen LogP) is -0.164. The average Bonchev–Trinajstić information content (AvgIpc) is 2.19. The molecule has 2 rings (SSSR count). The van der Waals surface area contributed by atoms with Crippen LogP contribution < -0.4 is 10.5 Å². The Balaban J connectivity index is 2.25. The molecule has 2 heterocycles. The largest absolute Gasteiger partial charge is 0.468 e. The number of nitrogens with two attached hydrogens (primary N) is 1. The Kier molecular flexibility index (Phi) is 0.875. The van der Waals surface area contributed by atoms with Crippen molar-refractivity contribution in [3.8, 4) is 5.88 Å². The summed E-state index contributed by atoms with van der Waals surface area (Å²) in [6.07, 6.45) is -0.301. The van der Waals surface area contributed by atoms with Crippen molar-refractivity contribution >= 4 is 5.82 Å². The fraction of sp³-hybridized carbons (Fsp3) is 0.429. The number of nitrogens with zero attached hydrogens (tertiary/aromatic N) is 2. The van der Waals surface area contributed by atoms with E-state index in [0.717, 1.165) is 12.4 Å². The third-order valence-electron chi connectivity index (χ3n) is 1.14. The first-order valence-corrected chi connectivity index (χ1v) is 3.15. The molecule has 1 aliphatic rings. The van der Waals surface area contributed by atoms with Gasteiger partial charge < -0.3 is 15.2 Å². The highest BCUT2D eigenvalue weighted by Gasteiger charge is 2.20. The van der Waals surface area contributed by atoms with Gasteiger partial charge in [-0.25, -0.2) is 9.97 Å². The SMILES string of the molecule is [2H]C1([2H])OC([2H])([2H])C1([2H])Oc1cnc(N)cn1. The summed E-state index contributed by atoms with van der Waals surface area (Å²) in [7, 11) is 0. The topological polar surface area (TPSA) is 70.3 Å². The summed E-state index contributed by atoms with van der Waals surface area (Å²) in [5.41, 5.74) is 5.29. The fourth-order valence-corrected chi connectivity index (χ4v) is 0.618. The lowest BCUT2D eigenvalue weighted by Gasteiger charge is -2.25. The van der Waals surface area contributed by atoms with Crippen LogP contribution in [0, 0.1) is 0 Å². The first kappa shape index (κ1) is 3.57. The van der Waals surface area contributed by atoms with Crippen LogP contribution in [0.15, 0.2) is 12.4 Å². The van der Waals surface area contributed by atoms with Gasteiger partial charge in [-0.15, -0.1) is 0 Å². The van der Waals surface area contributed by atoms with Crippen molar-refractivity contribution in [3.05, 3.63) is 12.4 Å². The van der Waals surface area contributed by atoms with Crippen LogP contribution in [0.1, 0.15) is 6.85 Å². The van der Waals surface area contributed by atoms with Gasteiger partial charge in [0.1, 0.15) is 11.9 Å². The standard InChI is InChI=1S/C7H9N3O2/c8-6-1-10-7(2-9-6)12-5-3-11-4-5/h1-2,5H,3-4H2,(H2,8,9)/i3D2,4D2,5D. The second-order valence-electron chi connectivity index (χ2n) is 2.02. The molecule has 1 aromatic heterocycles. The lowest BCUT2D eigenvalue weighted by molar-refractivity contribution is -0.0814. The van der Waals surface area contributed by atoms with Gasteiger partial charge in [-0.3, -0.25) is 0 Å². The third-order valence-corrected chi connectivity index (χ3v) is 1.14. The molecule has 0 aliphatic carbocycles. The number of nitrogen functional groups attached to an aromatic ring is 1. The van der Waals surface area contributed by atoms with Crippen molar-refractivity contribution in [2.45, 2.75) is 6.08 Å². The second-order valence-corrected chi connectivity index (χ2v) is 2.02. The van der Waals surface area contributed by atoms with Gasteiger partial charge in [0.2, 0.25) is 5.88 Å². The van der Waals surface area contributed by atoms with Crippen molar-refractivity contribution in [2.24, 2.45) is 0 Å². The molecule has 0 radical (unpaired) electrons. The summed E-state index contributed by atoms with van der Waals surface area (Å²) in [5.74, 6) is -0.0717. The van der Waals surface area contributed by atoms with Crippen LogP contribution in [0.4, 0.5) is 5.82 Å². The zero-order valence-corrected chi connectivity index (χ0v) is 5.94. The number of anilines is 1. The van der Waals surface area contributed by atoms with E-state index in [-0.39, 0.29) is 11.7 Å². The van der Waals surface area contributed by atoms with Gasteiger partial charge in [0, 0.05) is 0 Å². The summed E-state index contributed by atoms with van der Waals surface area (Å²) in [6, 6.07) is 0. The Labute approximate surface area is 76.6 Å². The summed E-state index contributed by atoms with van der Waals surface area (Å²) < 4.78 is 46.0. The maximum absolute atomic E-state index is 7.66. The van der Waals surface area contributed by atoms with Crippen molar-refractivity contribution in [1.82, 2.24) is 9.97 Å². The molecule has 2 N–H and O–H groups in total. The van der Waals surface area contributed by atoms with Gasteiger partial charge >= 0.3 is 0 Å². The summed E-state index contributed by atoms with van der Waals surface area (Å²) in [5, 5.41) is 0. The van der Waals surface area contributed by atoms with Crippen molar-refractivity contribution in [1.29, 1.82) is 0 Å². The maximum Gasteiger partial charge on any atom is 0.232 e. The number of rotatable bonds is 2. The van der Waals surface area contributed by atoms with E-state index in [1.165, 1.54) is 0 Å². The lowest BCUT2D eigenvalue weighted by Crippen LogP contribution is -2.38. The Hall–Kier alpha value is -1.36. The van der Waals surface area contributed by atoms with E-state index < -0.39 is 19.2 Å². The molecule has 0 unspecified atom stereocenters. The molecule has 5 nitrogen and oxygen atoms in total. The highest BCUT2D eigenvalue weighted by molar-refractivity contribution is 5.24. The second kappa shape index (κ2) is 2.94. The van der Waals surface area contributed by atoms with Crippen LogP contribution in [-0.4, -0.2) is 29.2 Å². The minimum absolute atomic E-state index is 0.132. The zero-order valence-electron chi connectivity index (χ0n) is 10.9. The van der Waals surface area contributed by atoms with E-state index in [1.807, 2.05) is 0 Å². The van der Waals surface area contributed by atoms with Crippen LogP contribution >= 0.6 is 0 Å². The van der Waals surface area contributed by atoms with Crippen molar-refractivity contribution < 1.29 is 16.3 Å². The molecular weight excluding hydrogens is 158 g/mol. The molecule has 1 aromatic rings. The molecule has 0 atom stereocenters. The van der Waals surface area contributed by atoms with Crippen LogP contribution in [0.3, 0.4) is 0 Å². The van der Waals surface area contributed by atoms with Crippen LogP contribution in [0.5, 0.6) is 5.88 Å². The van der Waals surface area contributed by atoms with E-state index in [9.17, 15) is 0 Å². The minimum atomic E-state index is -2.57. The lowest BCUT2D eigenvalue weighted by atomic mass is 10.3. The van der Waals surface area contributed by atoms with E-state index in [0.29, 0.717) is 0 Å². The Morgan fingerprint density at radius 1 is 1.67 bits per heavy atom. The van der Waals surface area contributed by atoms with Gasteiger partial charge in [-0.05, 0) is 0 Å². The molecular formula is C7H9N3O2. The molecule has 0 amide bonds. The van der Waals surface area contributed by atoms with Gasteiger partial charge in [-0.2, -0.15) is 0 Å². The van der Waals surface area contributed by atoms with Crippen LogP contribution in [0.25, 0.3) is 0 Å². The Bertz CT molecular complexity index is 424. The molecule has 12 heavy (non-hydrogen) atoms. The molecule has 5 heteroatoms. The van der Waals surface area contributed by atoms with Crippen LogP contribution in [-0.2, 0) is 4.74 Å². The molecule has 1 saturated heterocycles. The fourth-order valence-electron chi connectivity index (χ4n) is 0.618. The van der Waals surface area contributed by atoms with E-state index in [4.69, 9.17) is 17.3 Å². The summed E-state index contributed by atoms with van der Waals surface area (Å²) in [6.45, 7) is -5.14. The number of aromatic nitrogens is 2. The Morgan fingerprint density at radius 3 is 3.08 bits per heavy atom. The molecule has 0 spiro atoms. The van der Waals surface area contributed by atoms with Gasteiger partial charge in [-0.1, -0.05) is 0 Å². The van der Waals surface area contributed by atoms with Crippen molar-refractivity contribution in [2.75, 3.05) is 18.9 Å². The monoisotopic (exact) mass is 172 g/mol. The first-order chi connectivity index (χ1) is 7.68. The molecule has 0 aromatic carbocycles. The molecule has 1 aliphatic heterocycles. The van der Waals surface area contributed by atoms with Gasteiger partial charge in [0.25, 0.3) is 0 Å². The van der Waals surface area contributed by atoms with Gasteiger partial charge in [0.15, 0.2) is 0 Å². The molecule has 1 fully saturated rings. The third kappa shape index (κ3) is 1.45. The molecule has 64 valence electrons. The van der Waals surface area contributed by atoms with E-state index in [2.05, 4.69) is 14.7 Å². The maximum atomic E-state index is 7.66. The highest BCUT2D eigenvalue weighted by atomic mass is 16.6. The molecule has 0 saturated carbocycles. The number of hydrogen-bond acceptors (Lipinski definition) is 5. The smallest absolute Gasteiger partial charge is 0.232 e. The number of hydrogen-bond donors (Lipinski definition) is 1. The van der Waals surface area contributed by atoms with Crippen molar-refractivity contribution in [3.63, 3.8) is 0 Å². The predicted molar refractivity (Wildman–Crippen MR) is 41.7 cm³/mol. The first-order valence-electron chi connectivity index (χ1n) is 5.65. The molecule has 0 bridgehead atoms. The van der Waals surface area contributed by atoms with Gasteiger partial charge in [0.05, 0.1) is 32.4 Å². The van der Waals surface area contributed by atoms with Crippen LogP contribution in [0.2, 0.25) is 0 Å².